The Hall–Kier alpha value is -2.70. The van der Waals surface area contributed by atoms with Gasteiger partial charge in [0.1, 0.15) is 11.9 Å². The van der Waals surface area contributed by atoms with Crippen molar-refractivity contribution in [2.75, 3.05) is 7.11 Å². The fourth-order valence-corrected chi connectivity index (χ4v) is 2.15. The molecule has 0 radical (unpaired) electrons. The number of pyridine rings is 1. The lowest BCUT2D eigenvalue weighted by molar-refractivity contribution is -0.137. The maximum Gasteiger partial charge on any atom is 0.345 e. The first-order valence-electron chi connectivity index (χ1n) is 6.81. The van der Waals surface area contributed by atoms with E-state index in [-0.39, 0.29) is 27.5 Å². The minimum Gasteiger partial charge on any atom is -0.466 e. The third-order valence-corrected chi connectivity index (χ3v) is 3.48. The van der Waals surface area contributed by atoms with Crippen LogP contribution in [0.3, 0.4) is 0 Å². The van der Waals surface area contributed by atoms with Crippen LogP contribution in [0.1, 0.15) is 22.0 Å². The van der Waals surface area contributed by atoms with Gasteiger partial charge in [0.15, 0.2) is 0 Å². The zero-order chi connectivity index (χ0) is 17.7. The number of aromatic nitrogens is 1. The minimum atomic E-state index is -1.33. The average Bonchev–Trinajstić information content (AvgIpc) is 2.60. The molecule has 1 aromatic carbocycles. The minimum absolute atomic E-state index is 0.115. The molecule has 0 aliphatic rings. The Morgan fingerprint density at radius 3 is 2.67 bits per heavy atom. The van der Waals surface area contributed by atoms with Crippen LogP contribution < -0.4 is 4.74 Å². The van der Waals surface area contributed by atoms with E-state index in [9.17, 15) is 14.7 Å². The standard InChI is InChI=1S/C17H14ClNO5/c1-10(16(21)23-2)15(20)13-6-5-12(8-14(13)18)24-17(22)11-4-3-7-19-9-11/h3-9,15,20H,1H2,2H3. The molecule has 2 rings (SSSR count). The summed E-state index contributed by atoms with van der Waals surface area (Å²) >= 11 is 6.09. The molecule has 124 valence electrons. The number of ether oxygens (including phenoxy) is 2. The summed E-state index contributed by atoms with van der Waals surface area (Å²) in [5, 5.41) is 10.2. The van der Waals surface area contributed by atoms with Crippen molar-refractivity contribution in [1.29, 1.82) is 0 Å². The van der Waals surface area contributed by atoms with Crippen molar-refractivity contribution in [3.8, 4) is 5.75 Å². The number of hydrogen-bond acceptors (Lipinski definition) is 6. The smallest absolute Gasteiger partial charge is 0.345 e. The van der Waals surface area contributed by atoms with Gasteiger partial charge in [-0.1, -0.05) is 24.2 Å². The maximum absolute atomic E-state index is 12.0. The molecule has 0 aliphatic heterocycles. The molecule has 2 aromatic rings. The highest BCUT2D eigenvalue weighted by molar-refractivity contribution is 6.31. The van der Waals surface area contributed by atoms with Crippen molar-refractivity contribution < 1.29 is 24.2 Å². The van der Waals surface area contributed by atoms with Crippen molar-refractivity contribution >= 4 is 23.5 Å². The van der Waals surface area contributed by atoms with E-state index < -0.39 is 18.0 Å². The molecule has 0 amide bonds. The van der Waals surface area contributed by atoms with Gasteiger partial charge in [-0.05, 0) is 24.3 Å². The van der Waals surface area contributed by atoms with Gasteiger partial charge in [0.25, 0.3) is 0 Å². The number of carbonyl (C=O) groups excluding carboxylic acids is 2. The molecule has 0 bridgehead atoms. The molecule has 7 heteroatoms. The molecule has 0 aliphatic carbocycles. The Morgan fingerprint density at radius 1 is 1.33 bits per heavy atom. The van der Waals surface area contributed by atoms with Gasteiger partial charge in [-0.3, -0.25) is 4.98 Å². The number of nitrogens with zero attached hydrogens (tertiary/aromatic N) is 1. The SMILES string of the molecule is C=C(C(=O)OC)C(O)c1ccc(OC(=O)c2cccnc2)cc1Cl. The summed E-state index contributed by atoms with van der Waals surface area (Å²) in [5.74, 6) is -1.15. The summed E-state index contributed by atoms with van der Waals surface area (Å²) in [6.45, 7) is 3.48. The quantitative estimate of drug-likeness (QED) is 0.508. The Bertz CT molecular complexity index is 776. The molecule has 0 saturated carbocycles. The maximum atomic E-state index is 12.0. The summed E-state index contributed by atoms with van der Waals surface area (Å²) in [7, 11) is 1.18. The van der Waals surface area contributed by atoms with Crippen molar-refractivity contribution in [1.82, 2.24) is 4.98 Å². The predicted octanol–water partition coefficient (Wildman–Crippen LogP) is 2.72. The van der Waals surface area contributed by atoms with Crippen molar-refractivity contribution in [3.05, 3.63) is 71.0 Å². The molecule has 0 saturated heterocycles. The second-order valence-electron chi connectivity index (χ2n) is 4.73. The number of halogens is 1. The number of methoxy groups -OCH3 is 1. The number of aliphatic hydroxyl groups excluding tert-OH is 1. The molecular formula is C17H14ClNO5. The summed E-state index contributed by atoms with van der Waals surface area (Å²) in [4.78, 5) is 27.2. The molecule has 1 atom stereocenters. The van der Waals surface area contributed by atoms with Gasteiger partial charge >= 0.3 is 11.9 Å². The lowest BCUT2D eigenvalue weighted by Crippen LogP contribution is -2.13. The van der Waals surface area contributed by atoms with Crippen LogP contribution in [0, 0.1) is 0 Å². The number of carbonyl (C=O) groups is 2. The van der Waals surface area contributed by atoms with E-state index in [2.05, 4.69) is 16.3 Å². The first-order chi connectivity index (χ1) is 11.4. The van der Waals surface area contributed by atoms with Gasteiger partial charge in [-0.2, -0.15) is 0 Å². The Kier molecular flexibility index (Phi) is 5.68. The lowest BCUT2D eigenvalue weighted by atomic mass is 10.0. The third-order valence-electron chi connectivity index (χ3n) is 3.15. The summed E-state index contributed by atoms with van der Waals surface area (Å²) in [6, 6.07) is 7.42. The number of rotatable bonds is 5. The molecule has 1 unspecified atom stereocenters. The van der Waals surface area contributed by atoms with Gasteiger partial charge in [0.2, 0.25) is 0 Å². The molecule has 0 fully saturated rings. The van der Waals surface area contributed by atoms with Crippen LogP contribution in [0.4, 0.5) is 0 Å². The lowest BCUT2D eigenvalue weighted by Gasteiger charge is -2.14. The highest BCUT2D eigenvalue weighted by Gasteiger charge is 2.22. The molecule has 24 heavy (non-hydrogen) atoms. The highest BCUT2D eigenvalue weighted by Crippen LogP contribution is 2.31. The Morgan fingerprint density at radius 2 is 2.08 bits per heavy atom. The largest absolute Gasteiger partial charge is 0.466 e. The number of hydrogen-bond donors (Lipinski definition) is 1. The number of benzene rings is 1. The van der Waals surface area contributed by atoms with Gasteiger partial charge in [0, 0.05) is 18.0 Å². The van der Waals surface area contributed by atoms with Crippen molar-refractivity contribution in [2.45, 2.75) is 6.10 Å². The second-order valence-corrected chi connectivity index (χ2v) is 5.14. The third kappa shape index (κ3) is 3.98. The Balaban J connectivity index is 2.16. The van der Waals surface area contributed by atoms with E-state index in [1.807, 2.05) is 0 Å². The first-order valence-corrected chi connectivity index (χ1v) is 7.18. The van der Waals surface area contributed by atoms with Crippen LogP contribution in [-0.4, -0.2) is 29.1 Å². The fraction of sp³-hybridized carbons (Fsp3) is 0.118. The summed E-state index contributed by atoms with van der Waals surface area (Å²) in [6.07, 6.45) is 1.59. The second kappa shape index (κ2) is 7.72. The topological polar surface area (TPSA) is 85.7 Å². The van der Waals surface area contributed by atoms with Crippen LogP contribution >= 0.6 is 11.6 Å². The van der Waals surface area contributed by atoms with Crippen molar-refractivity contribution in [3.63, 3.8) is 0 Å². The zero-order valence-electron chi connectivity index (χ0n) is 12.7. The van der Waals surface area contributed by atoms with Gasteiger partial charge in [-0.25, -0.2) is 9.59 Å². The fourth-order valence-electron chi connectivity index (χ4n) is 1.87. The normalized spacial score (nSPS) is 11.5. The van der Waals surface area contributed by atoms with Crippen LogP contribution in [0.15, 0.2) is 54.9 Å². The summed E-state index contributed by atoms with van der Waals surface area (Å²) < 4.78 is 9.69. The number of aliphatic hydroxyl groups is 1. The summed E-state index contributed by atoms with van der Waals surface area (Å²) in [5.41, 5.74) is 0.379. The number of esters is 2. The van der Waals surface area contributed by atoms with E-state index in [0.29, 0.717) is 0 Å². The first kappa shape index (κ1) is 17.7. The van der Waals surface area contributed by atoms with E-state index in [1.54, 1.807) is 12.1 Å². The Labute approximate surface area is 143 Å². The van der Waals surface area contributed by atoms with Crippen molar-refractivity contribution in [2.24, 2.45) is 0 Å². The molecule has 1 heterocycles. The molecule has 6 nitrogen and oxygen atoms in total. The molecule has 1 aromatic heterocycles. The van der Waals surface area contributed by atoms with Gasteiger partial charge in [-0.15, -0.1) is 0 Å². The van der Waals surface area contributed by atoms with E-state index in [1.165, 1.54) is 37.7 Å². The molecular weight excluding hydrogens is 334 g/mol. The van der Waals surface area contributed by atoms with Crippen LogP contribution in [0.25, 0.3) is 0 Å². The average molecular weight is 348 g/mol. The van der Waals surface area contributed by atoms with Gasteiger partial charge in [0.05, 0.1) is 23.3 Å². The van der Waals surface area contributed by atoms with Gasteiger partial charge < -0.3 is 14.6 Å². The van der Waals surface area contributed by atoms with E-state index >= 15 is 0 Å². The highest BCUT2D eigenvalue weighted by atomic mass is 35.5. The van der Waals surface area contributed by atoms with Crippen LogP contribution in [0.2, 0.25) is 5.02 Å². The monoisotopic (exact) mass is 347 g/mol. The van der Waals surface area contributed by atoms with E-state index in [4.69, 9.17) is 16.3 Å². The zero-order valence-corrected chi connectivity index (χ0v) is 13.5. The van der Waals surface area contributed by atoms with Crippen LogP contribution in [-0.2, 0) is 9.53 Å². The van der Waals surface area contributed by atoms with E-state index in [0.717, 1.165) is 0 Å². The van der Waals surface area contributed by atoms with Crippen LogP contribution in [0.5, 0.6) is 5.75 Å². The molecule has 0 spiro atoms. The predicted molar refractivity (Wildman–Crippen MR) is 86.8 cm³/mol. The molecule has 1 N–H and O–H groups in total.